The Morgan fingerprint density at radius 2 is 1.72 bits per heavy atom. The fraction of sp³-hybridized carbons (Fsp3) is 0.625. The predicted octanol–water partition coefficient (Wildman–Crippen LogP) is 4.57. The lowest BCUT2D eigenvalue weighted by Crippen LogP contribution is -2.39. The molecule has 1 saturated carbocycles. The summed E-state index contributed by atoms with van der Waals surface area (Å²) in [6.45, 7) is 2.61. The van der Waals surface area contributed by atoms with Crippen LogP contribution < -0.4 is 0 Å². The van der Waals surface area contributed by atoms with Gasteiger partial charge in [0.2, 0.25) is 0 Å². The third-order valence-electron chi connectivity index (χ3n) is 4.69. The molecule has 2 aliphatic rings. The maximum atomic E-state index is 3.58. The zero-order chi connectivity index (χ0) is 12.4. The number of hydrogen-bond donors (Lipinski definition) is 0. The fourth-order valence-corrected chi connectivity index (χ4v) is 4.04. The molecule has 0 aromatic heterocycles. The highest BCUT2D eigenvalue weighted by atomic mass is 79.9. The first-order valence-corrected chi connectivity index (χ1v) is 8.12. The number of halogens is 1. The SMILES string of the molecule is Brc1cccc(C2CCN(C3CCCC3)CC2)c1. The van der Waals surface area contributed by atoms with Crippen LogP contribution >= 0.6 is 15.9 Å². The average Bonchev–Trinajstić information content (AvgIpc) is 2.93. The number of rotatable bonds is 2. The van der Waals surface area contributed by atoms with Crippen molar-refractivity contribution in [3.8, 4) is 0 Å². The zero-order valence-electron chi connectivity index (χ0n) is 10.9. The molecule has 1 aliphatic carbocycles. The molecule has 0 N–H and O–H groups in total. The van der Waals surface area contributed by atoms with Crippen molar-refractivity contribution in [3.63, 3.8) is 0 Å². The highest BCUT2D eigenvalue weighted by Crippen LogP contribution is 2.33. The standard InChI is InChI=1S/C16H22BrN/c17-15-5-3-4-14(12-15)13-8-10-18(11-9-13)16-6-1-2-7-16/h3-5,12-13,16H,1-2,6-11H2. The Morgan fingerprint density at radius 3 is 2.39 bits per heavy atom. The Hall–Kier alpha value is -0.340. The van der Waals surface area contributed by atoms with E-state index in [-0.39, 0.29) is 0 Å². The van der Waals surface area contributed by atoms with E-state index >= 15 is 0 Å². The second kappa shape index (κ2) is 5.75. The average molecular weight is 308 g/mol. The van der Waals surface area contributed by atoms with Crippen molar-refractivity contribution in [3.05, 3.63) is 34.3 Å². The molecule has 2 heteroatoms. The summed E-state index contributed by atoms with van der Waals surface area (Å²) in [5, 5.41) is 0. The second-order valence-corrected chi connectivity index (χ2v) is 6.72. The molecule has 98 valence electrons. The van der Waals surface area contributed by atoms with Crippen LogP contribution in [0.4, 0.5) is 0 Å². The molecule has 1 heterocycles. The van der Waals surface area contributed by atoms with Gasteiger partial charge < -0.3 is 4.90 Å². The molecule has 2 fully saturated rings. The van der Waals surface area contributed by atoms with Crippen molar-refractivity contribution >= 4 is 15.9 Å². The zero-order valence-corrected chi connectivity index (χ0v) is 12.5. The van der Waals surface area contributed by atoms with Gasteiger partial charge in [0.05, 0.1) is 0 Å². The molecule has 1 nitrogen and oxygen atoms in total. The fourth-order valence-electron chi connectivity index (χ4n) is 3.63. The van der Waals surface area contributed by atoms with E-state index in [2.05, 4.69) is 45.1 Å². The van der Waals surface area contributed by atoms with Crippen LogP contribution in [0.25, 0.3) is 0 Å². The molecule has 1 saturated heterocycles. The Bertz CT molecular complexity index is 390. The molecular weight excluding hydrogens is 286 g/mol. The topological polar surface area (TPSA) is 3.24 Å². The maximum Gasteiger partial charge on any atom is 0.0178 e. The van der Waals surface area contributed by atoms with Crippen LogP contribution in [0, 0.1) is 0 Å². The van der Waals surface area contributed by atoms with Gasteiger partial charge in [-0.05, 0) is 62.4 Å². The van der Waals surface area contributed by atoms with E-state index in [0.717, 1.165) is 12.0 Å². The van der Waals surface area contributed by atoms with E-state index in [1.807, 2.05) is 0 Å². The van der Waals surface area contributed by atoms with Crippen LogP contribution in [0.2, 0.25) is 0 Å². The quantitative estimate of drug-likeness (QED) is 0.773. The van der Waals surface area contributed by atoms with Crippen molar-refractivity contribution in [2.24, 2.45) is 0 Å². The first-order chi connectivity index (χ1) is 8.83. The van der Waals surface area contributed by atoms with E-state index < -0.39 is 0 Å². The van der Waals surface area contributed by atoms with Crippen LogP contribution in [-0.2, 0) is 0 Å². The van der Waals surface area contributed by atoms with E-state index in [9.17, 15) is 0 Å². The van der Waals surface area contributed by atoms with Crippen molar-refractivity contribution in [1.29, 1.82) is 0 Å². The lowest BCUT2D eigenvalue weighted by Gasteiger charge is -2.36. The summed E-state index contributed by atoms with van der Waals surface area (Å²) in [5.74, 6) is 0.778. The van der Waals surface area contributed by atoms with E-state index in [0.29, 0.717) is 0 Å². The van der Waals surface area contributed by atoms with Crippen molar-refractivity contribution in [2.75, 3.05) is 13.1 Å². The predicted molar refractivity (Wildman–Crippen MR) is 79.9 cm³/mol. The first kappa shape index (κ1) is 12.7. The molecular formula is C16H22BrN. The minimum absolute atomic E-state index is 0.778. The van der Waals surface area contributed by atoms with Gasteiger partial charge in [0.1, 0.15) is 0 Å². The summed E-state index contributed by atoms with van der Waals surface area (Å²) >= 11 is 3.58. The van der Waals surface area contributed by atoms with E-state index in [4.69, 9.17) is 0 Å². The van der Waals surface area contributed by atoms with Gasteiger partial charge in [-0.1, -0.05) is 40.9 Å². The molecule has 0 amide bonds. The Kier molecular flexibility index (Phi) is 4.05. The molecule has 0 spiro atoms. The second-order valence-electron chi connectivity index (χ2n) is 5.80. The molecule has 0 unspecified atom stereocenters. The Labute approximate surface area is 119 Å². The number of hydrogen-bond acceptors (Lipinski definition) is 1. The minimum atomic E-state index is 0.778. The smallest absolute Gasteiger partial charge is 0.0178 e. The van der Waals surface area contributed by atoms with Gasteiger partial charge in [0.25, 0.3) is 0 Å². The molecule has 3 rings (SSSR count). The Balaban J connectivity index is 1.59. The van der Waals surface area contributed by atoms with E-state index in [1.165, 1.54) is 61.7 Å². The molecule has 0 radical (unpaired) electrons. The van der Waals surface area contributed by atoms with Crippen molar-refractivity contribution in [2.45, 2.75) is 50.5 Å². The van der Waals surface area contributed by atoms with E-state index in [1.54, 1.807) is 0 Å². The molecule has 1 aromatic carbocycles. The Morgan fingerprint density at radius 1 is 1.00 bits per heavy atom. The van der Waals surface area contributed by atoms with Crippen LogP contribution in [0.1, 0.15) is 50.0 Å². The van der Waals surface area contributed by atoms with Crippen LogP contribution in [0.15, 0.2) is 28.7 Å². The molecule has 18 heavy (non-hydrogen) atoms. The molecule has 0 atom stereocenters. The van der Waals surface area contributed by atoms with Crippen LogP contribution in [0.5, 0.6) is 0 Å². The number of piperidine rings is 1. The molecule has 1 aliphatic heterocycles. The van der Waals surface area contributed by atoms with Crippen molar-refractivity contribution in [1.82, 2.24) is 4.90 Å². The van der Waals surface area contributed by atoms with Gasteiger partial charge in [-0.25, -0.2) is 0 Å². The van der Waals surface area contributed by atoms with Gasteiger partial charge in [-0.2, -0.15) is 0 Å². The third-order valence-corrected chi connectivity index (χ3v) is 5.18. The third kappa shape index (κ3) is 2.80. The molecule has 0 bridgehead atoms. The lowest BCUT2D eigenvalue weighted by molar-refractivity contribution is 0.154. The minimum Gasteiger partial charge on any atom is -0.300 e. The van der Waals surface area contributed by atoms with Crippen LogP contribution in [0.3, 0.4) is 0 Å². The summed E-state index contributed by atoms with van der Waals surface area (Å²) in [6, 6.07) is 9.80. The van der Waals surface area contributed by atoms with Gasteiger partial charge in [-0.3, -0.25) is 0 Å². The summed E-state index contributed by atoms with van der Waals surface area (Å²) in [6.07, 6.45) is 8.48. The van der Waals surface area contributed by atoms with Gasteiger partial charge >= 0.3 is 0 Å². The normalized spacial score (nSPS) is 23.6. The lowest BCUT2D eigenvalue weighted by atomic mass is 9.89. The van der Waals surface area contributed by atoms with Gasteiger partial charge in [-0.15, -0.1) is 0 Å². The largest absolute Gasteiger partial charge is 0.300 e. The summed E-state index contributed by atoms with van der Waals surface area (Å²) < 4.78 is 1.22. The summed E-state index contributed by atoms with van der Waals surface area (Å²) in [4.78, 5) is 2.75. The van der Waals surface area contributed by atoms with Crippen molar-refractivity contribution < 1.29 is 0 Å². The maximum absolute atomic E-state index is 3.58. The molecule has 1 aromatic rings. The highest BCUT2D eigenvalue weighted by molar-refractivity contribution is 9.10. The first-order valence-electron chi connectivity index (χ1n) is 7.32. The summed E-state index contributed by atoms with van der Waals surface area (Å²) in [7, 11) is 0. The summed E-state index contributed by atoms with van der Waals surface area (Å²) in [5.41, 5.74) is 1.52. The number of benzene rings is 1. The number of likely N-dealkylation sites (tertiary alicyclic amines) is 1. The number of nitrogens with zero attached hydrogens (tertiary/aromatic N) is 1. The highest BCUT2D eigenvalue weighted by Gasteiger charge is 2.27. The van der Waals surface area contributed by atoms with Crippen LogP contribution in [-0.4, -0.2) is 24.0 Å². The monoisotopic (exact) mass is 307 g/mol. The van der Waals surface area contributed by atoms with Gasteiger partial charge in [0.15, 0.2) is 0 Å². The van der Waals surface area contributed by atoms with Gasteiger partial charge in [0, 0.05) is 10.5 Å².